The van der Waals surface area contributed by atoms with Crippen LogP contribution in [-0.4, -0.2) is 17.6 Å². The van der Waals surface area contributed by atoms with Gasteiger partial charge in [0, 0.05) is 10.2 Å². The standard InChI is InChI=1S/C19H12Br2Cl2N2O2S/c20-11-2-4-13-10(7-11)1-6-16(18(13)21)27-9-17(26)25-19(28)24-12-3-5-14(22)15(23)8-12/h1-8H,9H2,(H2,24,25,26,28). The van der Waals surface area contributed by atoms with Gasteiger partial charge in [-0.2, -0.15) is 0 Å². The number of carbonyl (C=O) groups is 1. The third kappa shape index (κ3) is 5.36. The zero-order valence-electron chi connectivity index (χ0n) is 14.1. The Kier molecular flexibility index (Phi) is 7.17. The normalized spacial score (nSPS) is 10.6. The predicted molar refractivity (Wildman–Crippen MR) is 126 cm³/mol. The van der Waals surface area contributed by atoms with Crippen LogP contribution in [0.15, 0.2) is 57.5 Å². The zero-order chi connectivity index (χ0) is 20.3. The molecule has 0 heterocycles. The number of nitrogens with one attached hydrogen (secondary N) is 2. The number of halogens is 4. The molecule has 3 aromatic rings. The van der Waals surface area contributed by atoms with E-state index < -0.39 is 0 Å². The maximum absolute atomic E-state index is 12.1. The van der Waals surface area contributed by atoms with Crippen LogP contribution in [0.5, 0.6) is 5.75 Å². The minimum atomic E-state index is -0.389. The van der Waals surface area contributed by atoms with E-state index in [-0.39, 0.29) is 17.6 Å². The van der Waals surface area contributed by atoms with Gasteiger partial charge in [0.05, 0.1) is 14.5 Å². The van der Waals surface area contributed by atoms with Crippen LogP contribution in [0.25, 0.3) is 10.8 Å². The molecule has 0 unspecified atom stereocenters. The molecular weight excluding hydrogens is 551 g/mol. The van der Waals surface area contributed by atoms with E-state index in [0.29, 0.717) is 21.5 Å². The summed E-state index contributed by atoms with van der Waals surface area (Å²) in [4.78, 5) is 12.1. The van der Waals surface area contributed by atoms with Crippen LogP contribution < -0.4 is 15.4 Å². The monoisotopic (exact) mass is 560 g/mol. The van der Waals surface area contributed by atoms with Crippen LogP contribution >= 0.6 is 67.3 Å². The average Bonchev–Trinajstić information content (AvgIpc) is 2.64. The molecule has 0 fully saturated rings. The smallest absolute Gasteiger partial charge is 0.264 e. The van der Waals surface area contributed by atoms with E-state index in [1.165, 1.54) is 0 Å². The molecule has 0 bridgehead atoms. The van der Waals surface area contributed by atoms with Gasteiger partial charge in [-0.25, -0.2) is 0 Å². The Balaban J connectivity index is 1.58. The van der Waals surface area contributed by atoms with Gasteiger partial charge in [0.1, 0.15) is 5.75 Å². The summed E-state index contributed by atoms with van der Waals surface area (Å²) in [5, 5.41) is 8.41. The first-order valence-corrected chi connectivity index (χ1v) is 10.6. The van der Waals surface area contributed by atoms with E-state index in [2.05, 4.69) is 42.5 Å². The van der Waals surface area contributed by atoms with Crippen molar-refractivity contribution in [3.05, 3.63) is 67.5 Å². The molecule has 3 aromatic carbocycles. The molecule has 0 aliphatic heterocycles. The topological polar surface area (TPSA) is 50.4 Å². The van der Waals surface area contributed by atoms with Gasteiger partial charge in [-0.05, 0) is 75.3 Å². The highest BCUT2D eigenvalue weighted by Gasteiger charge is 2.11. The summed E-state index contributed by atoms with van der Waals surface area (Å²) in [6, 6.07) is 14.6. The maximum Gasteiger partial charge on any atom is 0.264 e. The van der Waals surface area contributed by atoms with Gasteiger partial charge in [0.2, 0.25) is 0 Å². The summed E-state index contributed by atoms with van der Waals surface area (Å²) >= 11 is 23.9. The third-order valence-electron chi connectivity index (χ3n) is 3.67. The van der Waals surface area contributed by atoms with Crippen molar-refractivity contribution in [3.8, 4) is 5.75 Å². The number of amides is 1. The van der Waals surface area contributed by atoms with Gasteiger partial charge in [-0.3, -0.25) is 10.1 Å². The number of hydrogen-bond acceptors (Lipinski definition) is 3. The van der Waals surface area contributed by atoms with Gasteiger partial charge in [-0.1, -0.05) is 51.3 Å². The van der Waals surface area contributed by atoms with Crippen molar-refractivity contribution in [3.63, 3.8) is 0 Å². The second kappa shape index (κ2) is 9.41. The van der Waals surface area contributed by atoms with Gasteiger partial charge in [0.25, 0.3) is 5.91 Å². The number of rotatable bonds is 4. The number of anilines is 1. The molecule has 0 aromatic heterocycles. The number of carbonyl (C=O) groups excluding carboxylic acids is 1. The van der Waals surface area contributed by atoms with Crippen LogP contribution in [0.2, 0.25) is 10.0 Å². The molecule has 3 rings (SSSR count). The van der Waals surface area contributed by atoms with Crippen molar-refractivity contribution >= 4 is 94.8 Å². The molecule has 0 radical (unpaired) electrons. The Bertz CT molecular complexity index is 1080. The summed E-state index contributed by atoms with van der Waals surface area (Å²) in [6.07, 6.45) is 0. The second-order valence-electron chi connectivity index (χ2n) is 5.66. The summed E-state index contributed by atoms with van der Waals surface area (Å²) in [5.74, 6) is 0.175. The number of benzene rings is 3. The van der Waals surface area contributed by atoms with Crippen LogP contribution in [-0.2, 0) is 4.79 Å². The highest BCUT2D eigenvalue weighted by Crippen LogP contribution is 2.34. The molecule has 0 saturated carbocycles. The first kappa shape index (κ1) is 21.3. The van der Waals surface area contributed by atoms with Crippen LogP contribution in [0, 0.1) is 0 Å². The third-order valence-corrected chi connectivity index (χ3v) is 5.92. The summed E-state index contributed by atoms with van der Waals surface area (Å²) in [6.45, 7) is -0.191. The minimum Gasteiger partial charge on any atom is -0.483 e. The lowest BCUT2D eigenvalue weighted by atomic mass is 10.1. The Morgan fingerprint density at radius 3 is 2.57 bits per heavy atom. The molecule has 0 aliphatic carbocycles. The molecule has 2 N–H and O–H groups in total. The molecule has 28 heavy (non-hydrogen) atoms. The first-order chi connectivity index (χ1) is 13.3. The van der Waals surface area contributed by atoms with Gasteiger partial charge in [0.15, 0.2) is 11.7 Å². The molecule has 0 saturated heterocycles. The fraction of sp³-hybridized carbons (Fsp3) is 0.0526. The average molecular weight is 563 g/mol. The van der Waals surface area contributed by atoms with Crippen LogP contribution in [0.1, 0.15) is 0 Å². The Hall–Kier alpha value is -1.38. The Morgan fingerprint density at radius 1 is 1.04 bits per heavy atom. The molecule has 4 nitrogen and oxygen atoms in total. The molecule has 0 aliphatic rings. The first-order valence-electron chi connectivity index (χ1n) is 7.90. The number of fused-ring (bicyclic) bond motifs is 1. The van der Waals surface area contributed by atoms with Crippen LogP contribution in [0.3, 0.4) is 0 Å². The zero-order valence-corrected chi connectivity index (χ0v) is 19.6. The van der Waals surface area contributed by atoms with Gasteiger partial charge < -0.3 is 10.1 Å². The number of thiocarbonyl (C=S) groups is 1. The maximum atomic E-state index is 12.1. The van der Waals surface area contributed by atoms with Crippen molar-refractivity contribution in [2.45, 2.75) is 0 Å². The van der Waals surface area contributed by atoms with E-state index >= 15 is 0 Å². The van der Waals surface area contributed by atoms with E-state index in [1.807, 2.05) is 24.3 Å². The van der Waals surface area contributed by atoms with E-state index in [0.717, 1.165) is 19.7 Å². The number of ether oxygens (including phenoxy) is 1. The van der Waals surface area contributed by atoms with Crippen molar-refractivity contribution in [1.82, 2.24) is 5.32 Å². The molecule has 0 atom stereocenters. The Morgan fingerprint density at radius 2 is 1.82 bits per heavy atom. The van der Waals surface area contributed by atoms with E-state index in [9.17, 15) is 4.79 Å². The highest BCUT2D eigenvalue weighted by atomic mass is 79.9. The largest absolute Gasteiger partial charge is 0.483 e. The van der Waals surface area contributed by atoms with Gasteiger partial charge in [-0.15, -0.1) is 0 Å². The van der Waals surface area contributed by atoms with E-state index in [4.69, 9.17) is 40.2 Å². The molecule has 0 spiro atoms. The van der Waals surface area contributed by atoms with E-state index in [1.54, 1.807) is 24.3 Å². The molecule has 1 amide bonds. The fourth-order valence-corrected chi connectivity index (χ4v) is 3.91. The molecular formula is C19H12Br2Cl2N2O2S. The summed E-state index contributed by atoms with van der Waals surface area (Å²) < 4.78 is 7.39. The molecule has 144 valence electrons. The summed E-state index contributed by atoms with van der Waals surface area (Å²) in [7, 11) is 0. The fourth-order valence-electron chi connectivity index (χ4n) is 2.40. The lowest BCUT2D eigenvalue weighted by molar-refractivity contribution is -0.121. The van der Waals surface area contributed by atoms with Crippen molar-refractivity contribution in [1.29, 1.82) is 0 Å². The quantitative estimate of drug-likeness (QED) is 0.353. The predicted octanol–water partition coefficient (Wildman–Crippen LogP) is 6.56. The van der Waals surface area contributed by atoms with Crippen LogP contribution in [0.4, 0.5) is 5.69 Å². The lowest BCUT2D eigenvalue weighted by Crippen LogP contribution is -2.37. The molecule has 9 heteroatoms. The van der Waals surface area contributed by atoms with Crippen molar-refractivity contribution in [2.75, 3.05) is 11.9 Å². The SMILES string of the molecule is O=C(COc1ccc2cc(Br)ccc2c1Br)NC(=S)Nc1ccc(Cl)c(Cl)c1. The lowest BCUT2D eigenvalue weighted by Gasteiger charge is -2.12. The van der Waals surface area contributed by atoms with Crippen molar-refractivity contribution < 1.29 is 9.53 Å². The summed E-state index contributed by atoms with van der Waals surface area (Å²) in [5.41, 5.74) is 0.615. The number of hydrogen-bond donors (Lipinski definition) is 2. The van der Waals surface area contributed by atoms with Gasteiger partial charge >= 0.3 is 0 Å². The van der Waals surface area contributed by atoms with Crippen molar-refractivity contribution in [2.24, 2.45) is 0 Å². The minimum absolute atomic E-state index is 0.134. The highest BCUT2D eigenvalue weighted by molar-refractivity contribution is 9.11. The second-order valence-corrected chi connectivity index (χ2v) is 8.59. The Labute approximate surface area is 193 Å².